The van der Waals surface area contributed by atoms with Gasteiger partial charge in [-0.1, -0.05) is 84.9 Å². The predicted molar refractivity (Wildman–Crippen MR) is 166 cm³/mol. The van der Waals surface area contributed by atoms with E-state index in [1.807, 2.05) is 12.1 Å². The quantitative estimate of drug-likeness (QED) is 0.0705. The van der Waals surface area contributed by atoms with Crippen molar-refractivity contribution in [1.82, 2.24) is 0 Å². The van der Waals surface area contributed by atoms with Gasteiger partial charge in [0.2, 0.25) is 0 Å². The molecule has 5 rings (SSSR count). The summed E-state index contributed by atoms with van der Waals surface area (Å²) in [5, 5.41) is 6.08. The lowest BCUT2D eigenvalue weighted by Crippen LogP contribution is -2.52. The minimum atomic E-state index is -4.84. The average molecular weight is 608 g/mol. The summed E-state index contributed by atoms with van der Waals surface area (Å²) in [6, 6.07) is 29.5. The zero-order chi connectivity index (χ0) is 31.2. The number of halogens is 6. The molecule has 12 heteroatoms. The molecule has 0 heterocycles. The molecule has 0 aromatic heterocycles. The molecule has 226 valence electrons. The second-order valence-corrected chi connectivity index (χ2v) is 10.1. The third-order valence-electron chi connectivity index (χ3n) is 7.11. The van der Waals surface area contributed by atoms with Gasteiger partial charge in [0.25, 0.3) is 0 Å². The normalized spacial score (nSPS) is 12.0. The summed E-state index contributed by atoms with van der Waals surface area (Å²) < 4.78 is 98.8. The lowest BCUT2D eigenvalue weighted by molar-refractivity contribution is -0.0643. The van der Waals surface area contributed by atoms with Crippen molar-refractivity contribution in [3.05, 3.63) is 109 Å². The SMILES string of the molecule is FC(F)(F)B(OCCNc1ccccc1)c1c2ccccc2c(B(OCCNc2ccccc2)C(F)(F)F)c2ccccc12. The van der Waals surface area contributed by atoms with Crippen LogP contribution in [0.5, 0.6) is 0 Å². The molecule has 4 nitrogen and oxygen atoms in total. The van der Waals surface area contributed by atoms with Gasteiger partial charge in [0.1, 0.15) is 0 Å². The van der Waals surface area contributed by atoms with Crippen molar-refractivity contribution in [3.63, 3.8) is 0 Å². The van der Waals surface area contributed by atoms with Crippen molar-refractivity contribution in [3.8, 4) is 0 Å². The first kappa shape index (κ1) is 31.3. The van der Waals surface area contributed by atoms with Gasteiger partial charge in [-0.05, 0) is 56.7 Å². The summed E-state index contributed by atoms with van der Waals surface area (Å²) in [5.74, 6) is 0. The molecule has 0 saturated carbocycles. The molecule has 0 aliphatic rings. The van der Waals surface area contributed by atoms with Crippen LogP contribution in [0.4, 0.5) is 37.7 Å². The van der Waals surface area contributed by atoms with E-state index >= 15 is 0 Å². The molecule has 2 N–H and O–H groups in total. The third kappa shape index (κ3) is 7.31. The van der Waals surface area contributed by atoms with Crippen LogP contribution in [0, 0.1) is 0 Å². The summed E-state index contributed by atoms with van der Waals surface area (Å²) in [6.45, 7) is -5.19. The van der Waals surface area contributed by atoms with Gasteiger partial charge in [-0.3, -0.25) is 0 Å². The van der Waals surface area contributed by atoms with Gasteiger partial charge in [-0.25, -0.2) is 0 Å². The highest BCUT2D eigenvalue weighted by molar-refractivity contribution is 6.79. The minimum absolute atomic E-state index is 0.0137. The summed E-state index contributed by atoms with van der Waals surface area (Å²) in [4.78, 5) is 0. The van der Waals surface area contributed by atoms with Crippen molar-refractivity contribution < 1.29 is 35.7 Å². The average Bonchev–Trinajstić information content (AvgIpc) is 3.01. The highest BCUT2D eigenvalue weighted by Crippen LogP contribution is 2.30. The molecule has 0 bridgehead atoms. The molecule has 0 spiro atoms. The van der Waals surface area contributed by atoms with Crippen LogP contribution in [-0.2, 0) is 9.31 Å². The van der Waals surface area contributed by atoms with Crippen LogP contribution in [0.15, 0.2) is 109 Å². The van der Waals surface area contributed by atoms with Crippen molar-refractivity contribution in [1.29, 1.82) is 0 Å². The van der Waals surface area contributed by atoms with Gasteiger partial charge >= 0.3 is 26.0 Å². The Kier molecular flexibility index (Phi) is 9.71. The maximum Gasteiger partial charge on any atom is 0.454 e. The third-order valence-corrected chi connectivity index (χ3v) is 7.11. The number of benzene rings is 5. The van der Waals surface area contributed by atoms with Crippen molar-refractivity contribution in [2.45, 2.75) is 12.2 Å². The molecule has 5 aromatic rings. The number of alkyl halides is 6. The molecule has 5 aromatic carbocycles. The number of nitrogens with one attached hydrogen (secondary N) is 2. The Balaban J connectivity index is 1.52. The maximum absolute atomic E-state index is 14.6. The Morgan fingerprint density at radius 3 is 1.05 bits per heavy atom. The number of fused-ring (bicyclic) bond motifs is 2. The molecule has 0 saturated heterocycles. The van der Waals surface area contributed by atoms with Gasteiger partial charge in [0.15, 0.2) is 0 Å². The van der Waals surface area contributed by atoms with Crippen LogP contribution in [0.3, 0.4) is 0 Å². The van der Waals surface area contributed by atoms with Gasteiger partial charge in [0.05, 0.1) is 0 Å². The lowest BCUT2D eigenvalue weighted by Gasteiger charge is -2.26. The van der Waals surface area contributed by atoms with E-state index in [4.69, 9.17) is 9.31 Å². The number of hydrogen-bond donors (Lipinski definition) is 2. The van der Waals surface area contributed by atoms with Crippen molar-refractivity contribution in [2.24, 2.45) is 0 Å². The fraction of sp³-hybridized carbons (Fsp3) is 0.188. The monoisotopic (exact) mass is 608 g/mol. The first-order chi connectivity index (χ1) is 21.1. The minimum Gasteiger partial charge on any atom is -0.422 e. The molecule has 44 heavy (non-hydrogen) atoms. The lowest BCUT2D eigenvalue weighted by atomic mass is 9.52. The van der Waals surface area contributed by atoms with Gasteiger partial charge < -0.3 is 19.9 Å². The number of hydrogen-bond acceptors (Lipinski definition) is 4. The summed E-state index contributed by atoms with van der Waals surface area (Å²) in [5.41, 5.74) is 0.965. The van der Waals surface area contributed by atoms with Crippen molar-refractivity contribution >= 4 is 57.7 Å². The zero-order valence-electron chi connectivity index (χ0n) is 23.5. The summed E-state index contributed by atoms with van der Waals surface area (Å²) in [6.07, 6.45) is -9.69. The fourth-order valence-corrected chi connectivity index (χ4v) is 5.30. The largest absolute Gasteiger partial charge is 0.454 e. The molecule has 0 radical (unpaired) electrons. The van der Waals surface area contributed by atoms with E-state index in [9.17, 15) is 26.3 Å². The summed E-state index contributed by atoms with van der Waals surface area (Å²) in [7, 11) is 0. The Hall–Kier alpha value is -4.15. The topological polar surface area (TPSA) is 42.5 Å². The Morgan fingerprint density at radius 1 is 0.455 bits per heavy atom. The van der Waals surface area contributed by atoms with Gasteiger partial charge in [0, 0.05) is 37.7 Å². The first-order valence-corrected chi connectivity index (χ1v) is 14.0. The fourth-order valence-electron chi connectivity index (χ4n) is 5.30. The van der Waals surface area contributed by atoms with Crippen LogP contribution in [-0.4, -0.2) is 52.3 Å². The highest BCUT2D eigenvalue weighted by atomic mass is 19.4. The maximum atomic E-state index is 14.6. The second-order valence-electron chi connectivity index (χ2n) is 10.1. The van der Waals surface area contributed by atoms with E-state index < -0.39 is 26.0 Å². The standard InChI is InChI=1S/C32H28B2F6N2O2/c35-31(36,37)33(43-21-19-41-23-11-3-1-4-12-23)29-25-15-7-9-17-27(25)30(28-18-10-8-16-26(28)29)34(32(38,39)40)44-22-20-42-24-13-5-2-6-14-24/h1-18,41-42H,19-22H2. The zero-order valence-corrected chi connectivity index (χ0v) is 23.5. The van der Waals surface area contributed by atoms with Crippen LogP contribution < -0.4 is 21.6 Å². The number of rotatable bonds is 12. The Bertz CT molecular complexity index is 1490. The van der Waals surface area contributed by atoms with E-state index in [-0.39, 0.29) is 58.8 Å². The molecule has 0 aliphatic carbocycles. The van der Waals surface area contributed by atoms with Crippen LogP contribution >= 0.6 is 0 Å². The van der Waals surface area contributed by atoms with E-state index in [0.29, 0.717) is 0 Å². The predicted octanol–water partition coefficient (Wildman–Crippen LogP) is 6.85. The van der Waals surface area contributed by atoms with Crippen LogP contribution in [0.2, 0.25) is 0 Å². The smallest absolute Gasteiger partial charge is 0.422 e. The molecular weight excluding hydrogens is 580 g/mol. The molecular formula is C32H28B2F6N2O2. The molecule has 0 amide bonds. The van der Waals surface area contributed by atoms with E-state index in [1.165, 1.54) is 48.5 Å². The summed E-state index contributed by atoms with van der Waals surface area (Å²) >= 11 is 0. The Morgan fingerprint density at radius 2 is 0.750 bits per heavy atom. The van der Waals surface area contributed by atoms with Crippen LogP contribution in [0.1, 0.15) is 0 Å². The number of anilines is 2. The molecule has 0 fully saturated rings. The Labute approximate surface area is 251 Å². The number of para-hydroxylation sites is 2. The van der Waals surface area contributed by atoms with Gasteiger partial charge in [-0.15, -0.1) is 0 Å². The molecule has 0 unspecified atom stereocenters. The highest BCUT2D eigenvalue weighted by Gasteiger charge is 2.52. The van der Waals surface area contributed by atoms with E-state index in [0.717, 1.165) is 11.4 Å². The van der Waals surface area contributed by atoms with Crippen LogP contribution in [0.25, 0.3) is 21.5 Å². The molecule has 0 atom stereocenters. The first-order valence-electron chi connectivity index (χ1n) is 14.0. The van der Waals surface area contributed by atoms with Crippen molar-refractivity contribution in [2.75, 3.05) is 36.9 Å². The van der Waals surface area contributed by atoms with E-state index in [2.05, 4.69) is 10.6 Å². The molecule has 0 aliphatic heterocycles. The van der Waals surface area contributed by atoms with Gasteiger partial charge in [-0.2, -0.15) is 26.3 Å². The second kappa shape index (κ2) is 13.7. The van der Waals surface area contributed by atoms with E-state index in [1.54, 1.807) is 48.5 Å².